The van der Waals surface area contributed by atoms with E-state index in [0.717, 1.165) is 12.0 Å². The minimum Gasteiger partial charge on any atom is -0.316 e. The normalized spacial score (nSPS) is 22.3. The third-order valence-corrected chi connectivity index (χ3v) is 4.40. The van der Waals surface area contributed by atoms with Gasteiger partial charge in [0.2, 0.25) is 0 Å². The molecule has 2 heteroatoms. The highest BCUT2D eigenvalue weighted by Gasteiger charge is 2.19. The molecule has 1 heterocycles. The number of unbranched alkanes of at least 4 members (excludes halogenated alkanes) is 3. The summed E-state index contributed by atoms with van der Waals surface area (Å²) in [5.74, 6) is 0.886. The lowest BCUT2D eigenvalue weighted by molar-refractivity contribution is 0.161. The first-order chi connectivity index (χ1) is 8.77. The second-order valence-corrected chi connectivity index (χ2v) is 6.00. The summed E-state index contributed by atoms with van der Waals surface area (Å²) >= 11 is 0. The van der Waals surface area contributed by atoms with Crippen LogP contribution in [0.2, 0.25) is 0 Å². The van der Waals surface area contributed by atoms with Crippen LogP contribution in [-0.4, -0.2) is 37.1 Å². The van der Waals surface area contributed by atoms with Crippen LogP contribution in [0.5, 0.6) is 0 Å². The van der Waals surface area contributed by atoms with E-state index in [1.807, 2.05) is 0 Å². The Morgan fingerprint density at radius 1 is 1.22 bits per heavy atom. The van der Waals surface area contributed by atoms with Crippen molar-refractivity contribution in [1.29, 1.82) is 0 Å². The van der Waals surface area contributed by atoms with Crippen molar-refractivity contribution >= 4 is 0 Å². The van der Waals surface area contributed by atoms with Gasteiger partial charge in [-0.05, 0) is 51.7 Å². The molecule has 0 bridgehead atoms. The van der Waals surface area contributed by atoms with Crippen LogP contribution < -0.4 is 5.32 Å². The Balaban J connectivity index is 2.20. The van der Waals surface area contributed by atoms with Crippen LogP contribution >= 0.6 is 0 Å². The highest BCUT2D eigenvalue weighted by molar-refractivity contribution is 4.75. The summed E-state index contributed by atoms with van der Waals surface area (Å²) in [5, 5.41) is 3.54. The van der Waals surface area contributed by atoms with Crippen LogP contribution in [0, 0.1) is 5.92 Å². The molecule has 2 unspecified atom stereocenters. The molecule has 0 aromatic rings. The molecule has 0 aromatic heterocycles. The lowest BCUT2D eigenvalue weighted by atomic mass is 9.97. The van der Waals surface area contributed by atoms with E-state index >= 15 is 0 Å². The largest absolute Gasteiger partial charge is 0.316 e. The van der Waals surface area contributed by atoms with Gasteiger partial charge in [-0.1, -0.05) is 39.5 Å². The van der Waals surface area contributed by atoms with Gasteiger partial charge in [0.1, 0.15) is 0 Å². The number of hydrogen-bond donors (Lipinski definition) is 1. The maximum atomic E-state index is 3.54. The van der Waals surface area contributed by atoms with Crippen molar-refractivity contribution in [3.05, 3.63) is 0 Å². The maximum absolute atomic E-state index is 3.54. The van der Waals surface area contributed by atoms with Crippen LogP contribution in [0.3, 0.4) is 0 Å². The Hall–Kier alpha value is -0.0800. The summed E-state index contributed by atoms with van der Waals surface area (Å²) in [6.45, 7) is 12.0. The minimum atomic E-state index is 0.772. The van der Waals surface area contributed by atoms with Crippen LogP contribution in [-0.2, 0) is 0 Å². The van der Waals surface area contributed by atoms with E-state index in [1.165, 1.54) is 71.1 Å². The Morgan fingerprint density at radius 3 is 2.67 bits per heavy atom. The van der Waals surface area contributed by atoms with Gasteiger partial charge in [0, 0.05) is 12.6 Å². The van der Waals surface area contributed by atoms with Crippen molar-refractivity contribution in [3.63, 3.8) is 0 Å². The van der Waals surface area contributed by atoms with Crippen molar-refractivity contribution in [2.75, 3.05) is 26.2 Å². The number of hydrogen-bond acceptors (Lipinski definition) is 2. The van der Waals surface area contributed by atoms with E-state index < -0.39 is 0 Å². The molecule has 0 spiro atoms. The summed E-state index contributed by atoms with van der Waals surface area (Å²) in [6.07, 6.45) is 9.76. The topological polar surface area (TPSA) is 15.3 Å². The van der Waals surface area contributed by atoms with E-state index in [4.69, 9.17) is 0 Å². The molecule has 0 saturated carbocycles. The monoisotopic (exact) mass is 254 g/mol. The molecule has 0 aliphatic carbocycles. The third-order valence-electron chi connectivity index (χ3n) is 4.40. The predicted molar refractivity (Wildman–Crippen MR) is 81.1 cm³/mol. The lowest BCUT2D eigenvalue weighted by Crippen LogP contribution is -2.41. The van der Waals surface area contributed by atoms with E-state index in [2.05, 4.69) is 31.0 Å². The summed E-state index contributed by atoms with van der Waals surface area (Å²) in [5.41, 5.74) is 0. The zero-order valence-electron chi connectivity index (χ0n) is 12.9. The van der Waals surface area contributed by atoms with Crippen LogP contribution in [0.4, 0.5) is 0 Å². The summed E-state index contributed by atoms with van der Waals surface area (Å²) < 4.78 is 0. The van der Waals surface area contributed by atoms with Gasteiger partial charge in [-0.3, -0.25) is 0 Å². The summed E-state index contributed by atoms with van der Waals surface area (Å²) in [4.78, 5) is 2.70. The molecule has 2 atom stereocenters. The molecule has 0 amide bonds. The SMILES string of the molecule is CCCCCCC(C)N(CC)CC1CCCNC1. The van der Waals surface area contributed by atoms with Gasteiger partial charge < -0.3 is 10.2 Å². The quantitative estimate of drug-likeness (QED) is 0.632. The average molecular weight is 254 g/mol. The first-order valence-corrected chi connectivity index (χ1v) is 8.22. The average Bonchev–Trinajstić information content (AvgIpc) is 2.42. The van der Waals surface area contributed by atoms with Gasteiger partial charge in [0.15, 0.2) is 0 Å². The highest BCUT2D eigenvalue weighted by Crippen LogP contribution is 2.16. The number of nitrogens with one attached hydrogen (secondary N) is 1. The zero-order valence-corrected chi connectivity index (χ0v) is 12.9. The third kappa shape index (κ3) is 6.19. The molecule has 2 nitrogen and oxygen atoms in total. The summed E-state index contributed by atoms with van der Waals surface area (Å²) in [7, 11) is 0. The van der Waals surface area contributed by atoms with Crippen LogP contribution in [0.15, 0.2) is 0 Å². The lowest BCUT2D eigenvalue weighted by Gasteiger charge is -2.33. The van der Waals surface area contributed by atoms with Crippen molar-refractivity contribution in [2.45, 2.75) is 71.8 Å². The fourth-order valence-electron chi connectivity index (χ4n) is 3.08. The van der Waals surface area contributed by atoms with Crippen molar-refractivity contribution in [2.24, 2.45) is 5.92 Å². The molecule has 108 valence electrons. The van der Waals surface area contributed by atoms with E-state index in [0.29, 0.717) is 0 Å². The molecule has 0 aromatic carbocycles. The Morgan fingerprint density at radius 2 is 2.06 bits per heavy atom. The molecule has 18 heavy (non-hydrogen) atoms. The maximum Gasteiger partial charge on any atom is 0.00669 e. The molecule has 1 aliphatic heterocycles. The van der Waals surface area contributed by atoms with E-state index in [-0.39, 0.29) is 0 Å². The van der Waals surface area contributed by atoms with Crippen LogP contribution in [0.1, 0.15) is 65.7 Å². The second-order valence-electron chi connectivity index (χ2n) is 6.00. The van der Waals surface area contributed by atoms with Crippen molar-refractivity contribution in [3.8, 4) is 0 Å². The molecule has 1 fully saturated rings. The molecule has 1 aliphatic rings. The molecule has 1 rings (SSSR count). The Kier molecular flexibility index (Phi) is 8.70. The van der Waals surface area contributed by atoms with Gasteiger partial charge in [-0.2, -0.15) is 0 Å². The molecular formula is C16H34N2. The highest BCUT2D eigenvalue weighted by atomic mass is 15.1. The fourth-order valence-corrected chi connectivity index (χ4v) is 3.08. The number of piperidine rings is 1. The Labute approximate surface area is 115 Å². The number of rotatable bonds is 9. The second kappa shape index (κ2) is 9.80. The molecule has 1 saturated heterocycles. The smallest absolute Gasteiger partial charge is 0.00669 e. The van der Waals surface area contributed by atoms with Gasteiger partial charge in [0.05, 0.1) is 0 Å². The summed E-state index contributed by atoms with van der Waals surface area (Å²) in [6, 6.07) is 0.772. The van der Waals surface area contributed by atoms with Gasteiger partial charge in [-0.15, -0.1) is 0 Å². The van der Waals surface area contributed by atoms with E-state index in [1.54, 1.807) is 0 Å². The first-order valence-electron chi connectivity index (χ1n) is 8.22. The van der Waals surface area contributed by atoms with Crippen LogP contribution in [0.25, 0.3) is 0 Å². The van der Waals surface area contributed by atoms with Crippen molar-refractivity contribution < 1.29 is 0 Å². The minimum absolute atomic E-state index is 0.772. The number of nitrogens with zero attached hydrogens (tertiary/aromatic N) is 1. The van der Waals surface area contributed by atoms with Crippen molar-refractivity contribution in [1.82, 2.24) is 10.2 Å². The van der Waals surface area contributed by atoms with Gasteiger partial charge >= 0.3 is 0 Å². The zero-order chi connectivity index (χ0) is 13.2. The molecule has 0 radical (unpaired) electrons. The first kappa shape index (κ1) is 16.0. The molecule has 1 N–H and O–H groups in total. The standard InChI is InChI=1S/C16H34N2/c1-4-6-7-8-10-15(3)18(5-2)14-16-11-9-12-17-13-16/h15-17H,4-14H2,1-3H3. The van der Waals surface area contributed by atoms with Gasteiger partial charge in [0.25, 0.3) is 0 Å². The molecular weight excluding hydrogens is 220 g/mol. The Bertz CT molecular complexity index is 188. The van der Waals surface area contributed by atoms with Gasteiger partial charge in [-0.25, -0.2) is 0 Å². The fraction of sp³-hybridized carbons (Fsp3) is 1.00. The predicted octanol–water partition coefficient (Wildman–Crippen LogP) is 3.67. The van der Waals surface area contributed by atoms with E-state index in [9.17, 15) is 0 Å².